The van der Waals surface area contributed by atoms with E-state index in [9.17, 15) is 4.79 Å². The Balaban J connectivity index is 2.63. The smallest absolute Gasteiger partial charge is 0.165 e. The van der Waals surface area contributed by atoms with Crippen LogP contribution in [0.25, 0.3) is 0 Å². The van der Waals surface area contributed by atoms with Gasteiger partial charge in [-0.2, -0.15) is 0 Å². The molecule has 1 aliphatic rings. The van der Waals surface area contributed by atoms with Gasteiger partial charge in [-0.3, -0.25) is 4.79 Å². The van der Waals surface area contributed by atoms with Crippen molar-refractivity contribution in [3.05, 3.63) is 21.7 Å². The molecule has 0 radical (unpaired) electrons. The van der Waals surface area contributed by atoms with Crippen LogP contribution < -0.4 is 9.47 Å². The van der Waals surface area contributed by atoms with Crippen LogP contribution >= 0.6 is 15.9 Å². The zero-order chi connectivity index (χ0) is 11.0. The maximum Gasteiger partial charge on any atom is 0.165 e. The van der Waals surface area contributed by atoms with Crippen LogP contribution in [-0.4, -0.2) is 19.0 Å². The molecule has 1 heterocycles. The molecule has 0 saturated carbocycles. The number of carbonyl (C=O) groups is 1. The quantitative estimate of drug-likeness (QED) is 0.737. The SMILES string of the molecule is CC(=O)c1cc2c(c(C)c1Br)OCCO2. The van der Waals surface area contributed by atoms with Crippen molar-refractivity contribution in [3.8, 4) is 11.5 Å². The lowest BCUT2D eigenvalue weighted by atomic mass is 10.1. The molecule has 1 aromatic rings. The van der Waals surface area contributed by atoms with E-state index < -0.39 is 0 Å². The highest BCUT2D eigenvalue weighted by molar-refractivity contribution is 9.10. The van der Waals surface area contributed by atoms with Crippen LogP contribution in [0.5, 0.6) is 11.5 Å². The molecule has 0 aromatic heterocycles. The number of Topliss-reactive ketones (excluding diaryl/α,β-unsaturated/α-hetero) is 1. The number of ketones is 1. The van der Waals surface area contributed by atoms with E-state index in [-0.39, 0.29) is 5.78 Å². The Bertz CT molecular complexity index is 426. The minimum absolute atomic E-state index is 0.0157. The van der Waals surface area contributed by atoms with Gasteiger partial charge < -0.3 is 9.47 Å². The minimum Gasteiger partial charge on any atom is -0.486 e. The number of fused-ring (bicyclic) bond motifs is 1. The molecule has 1 aromatic carbocycles. The van der Waals surface area contributed by atoms with Gasteiger partial charge in [-0.05, 0) is 35.8 Å². The molecule has 0 amide bonds. The van der Waals surface area contributed by atoms with E-state index >= 15 is 0 Å². The first-order valence-electron chi connectivity index (χ1n) is 4.71. The Kier molecular flexibility index (Phi) is 2.69. The first kappa shape index (κ1) is 10.5. The Labute approximate surface area is 96.5 Å². The molecule has 1 aliphatic heterocycles. The molecule has 0 unspecified atom stereocenters. The highest BCUT2D eigenvalue weighted by Crippen LogP contribution is 2.40. The molecule has 2 rings (SSSR count). The molecule has 15 heavy (non-hydrogen) atoms. The summed E-state index contributed by atoms with van der Waals surface area (Å²) in [4.78, 5) is 11.4. The average molecular weight is 271 g/mol. The highest BCUT2D eigenvalue weighted by Gasteiger charge is 2.20. The van der Waals surface area contributed by atoms with E-state index in [1.807, 2.05) is 6.92 Å². The van der Waals surface area contributed by atoms with Crippen LogP contribution in [0.4, 0.5) is 0 Å². The first-order valence-corrected chi connectivity index (χ1v) is 5.50. The summed E-state index contributed by atoms with van der Waals surface area (Å²) in [7, 11) is 0. The van der Waals surface area contributed by atoms with E-state index in [2.05, 4.69) is 15.9 Å². The summed E-state index contributed by atoms with van der Waals surface area (Å²) in [6.45, 7) is 4.53. The summed E-state index contributed by atoms with van der Waals surface area (Å²) in [5, 5.41) is 0. The topological polar surface area (TPSA) is 35.5 Å². The lowest BCUT2D eigenvalue weighted by Crippen LogP contribution is -2.17. The van der Waals surface area contributed by atoms with Crippen molar-refractivity contribution < 1.29 is 14.3 Å². The van der Waals surface area contributed by atoms with Crippen molar-refractivity contribution in [3.63, 3.8) is 0 Å². The third kappa shape index (κ3) is 1.74. The average Bonchev–Trinajstić information content (AvgIpc) is 2.23. The Hall–Kier alpha value is -1.03. The minimum atomic E-state index is 0.0157. The molecule has 0 saturated heterocycles. The second-order valence-electron chi connectivity index (χ2n) is 3.44. The van der Waals surface area contributed by atoms with Gasteiger partial charge in [0.05, 0.1) is 0 Å². The van der Waals surface area contributed by atoms with Crippen LogP contribution in [0.1, 0.15) is 22.8 Å². The van der Waals surface area contributed by atoms with Gasteiger partial charge in [0.1, 0.15) is 13.2 Å². The summed E-state index contributed by atoms with van der Waals surface area (Å²) in [6.07, 6.45) is 0. The number of hydrogen-bond acceptors (Lipinski definition) is 3. The molecule has 0 bridgehead atoms. The number of carbonyl (C=O) groups excluding carboxylic acids is 1. The molecule has 0 N–H and O–H groups in total. The lowest BCUT2D eigenvalue weighted by molar-refractivity contribution is 0.101. The van der Waals surface area contributed by atoms with Crippen LogP contribution in [-0.2, 0) is 0 Å². The standard InChI is InChI=1S/C11H11BrO3/c1-6-10(12)8(7(2)13)5-9-11(6)15-4-3-14-9/h5H,3-4H2,1-2H3. The fraction of sp³-hybridized carbons (Fsp3) is 0.364. The fourth-order valence-electron chi connectivity index (χ4n) is 1.58. The van der Waals surface area contributed by atoms with E-state index in [1.165, 1.54) is 6.92 Å². The first-order chi connectivity index (χ1) is 7.11. The van der Waals surface area contributed by atoms with Gasteiger partial charge in [0.2, 0.25) is 0 Å². The molecule has 0 spiro atoms. The van der Waals surface area contributed by atoms with Gasteiger partial charge in [-0.25, -0.2) is 0 Å². The van der Waals surface area contributed by atoms with E-state index in [0.717, 1.165) is 15.8 Å². The van der Waals surface area contributed by atoms with Crippen LogP contribution in [0, 0.1) is 6.92 Å². The summed E-state index contributed by atoms with van der Waals surface area (Å²) >= 11 is 3.40. The molecule has 0 atom stereocenters. The molecular formula is C11H11BrO3. The highest BCUT2D eigenvalue weighted by atomic mass is 79.9. The zero-order valence-electron chi connectivity index (χ0n) is 8.59. The number of ether oxygens (including phenoxy) is 2. The number of rotatable bonds is 1. The number of halogens is 1. The summed E-state index contributed by atoms with van der Waals surface area (Å²) < 4.78 is 11.7. The van der Waals surface area contributed by atoms with Crippen LogP contribution in [0.2, 0.25) is 0 Å². The van der Waals surface area contributed by atoms with E-state index in [0.29, 0.717) is 24.5 Å². The van der Waals surface area contributed by atoms with Crippen molar-refractivity contribution in [2.45, 2.75) is 13.8 Å². The van der Waals surface area contributed by atoms with Crippen molar-refractivity contribution >= 4 is 21.7 Å². The van der Waals surface area contributed by atoms with Gasteiger partial charge in [0.25, 0.3) is 0 Å². The Morgan fingerprint density at radius 3 is 2.73 bits per heavy atom. The number of hydrogen-bond donors (Lipinski definition) is 0. The van der Waals surface area contributed by atoms with E-state index in [1.54, 1.807) is 6.07 Å². The van der Waals surface area contributed by atoms with Gasteiger partial charge in [-0.1, -0.05) is 0 Å². The predicted molar refractivity (Wildman–Crippen MR) is 59.9 cm³/mol. The summed E-state index contributed by atoms with van der Waals surface area (Å²) in [6, 6.07) is 1.73. The van der Waals surface area contributed by atoms with Gasteiger partial charge in [0.15, 0.2) is 17.3 Å². The summed E-state index contributed by atoms with van der Waals surface area (Å²) in [5.41, 5.74) is 1.55. The molecule has 4 heteroatoms. The maximum atomic E-state index is 11.4. The molecule has 0 fully saturated rings. The van der Waals surface area contributed by atoms with Crippen molar-refractivity contribution in [1.82, 2.24) is 0 Å². The Morgan fingerprint density at radius 2 is 2.07 bits per heavy atom. The second-order valence-corrected chi connectivity index (χ2v) is 4.24. The van der Waals surface area contributed by atoms with Crippen molar-refractivity contribution in [2.75, 3.05) is 13.2 Å². The lowest BCUT2D eigenvalue weighted by Gasteiger charge is -2.21. The molecule has 3 nitrogen and oxygen atoms in total. The van der Waals surface area contributed by atoms with Crippen LogP contribution in [0.15, 0.2) is 10.5 Å². The van der Waals surface area contributed by atoms with Gasteiger partial charge in [-0.15, -0.1) is 0 Å². The third-order valence-electron chi connectivity index (χ3n) is 2.37. The van der Waals surface area contributed by atoms with Crippen molar-refractivity contribution in [2.24, 2.45) is 0 Å². The zero-order valence-corrected chi connectivity index (χ0v) is 10.2. The second kappa shape index (κ2) is 3.85. The Morgan fingerprint density at radius 1 is 1.40 bits per heavy atom. The normalized spacial score (nSPS) is 13.8. The van der Waals surface area contributed by atoms with Gasteiger partial charge >= 0.3 is 0 Å². The monoisotopic (exact) mass is 270 g/mol. The van der Waals surface area contributed by atoms with E-state index in [4.69, 9.17) is 9.47 Å². The maximum absolute atomic E-state index is 11.4. The molecule has 0 aliphatic carbocycles. The largest absolute Gasteiger partial charge is 0.486 e. The van der Waals surface area contributed by atoms with Crippen LogP contribution in [0.3, 0.4) is 0 Å². The summed E-state index contributed by atoms with van der Waals surface area (Å²) in [5.74, 6) is 1.41. The van der Waals surface area contributed by atoms with Crippen molar-refractivity contribution in [1.29, 1.82) is 0 Å². The fourth-order valence-corrected chi connectivity index (χ4v) is 2.16. The molecular weight excluding hydrogens is 260 g/mol. The third-order valence-corrected chi connectivity index (χ3v) is 3.39. The molecule has 80 valence electrons. The van der Waals surface area contributed by atoms with Gasteiger partial charge in [0, 0.05) is 15.6 Å². The number of benzene rings is 1. The predicted octanol–water partition coefficient (Wildman–Crippen LogP) is 2.73.